The summed E-state index contributed by atoms with van der Waals surface area (Å²) in [6.45, 7) is 2.26. The van der Waals surface area contributed by atoms with Crippen LogP contribution in [-0.4, -0.2) is 30.6 Å². The highest BCUT2D eigenvalue weighted by Crippen LogP contribution is 2.17. The molecule has 98 valence electrons. The van der Waals surface area contributed by atoms with Gasteiger partial charge in [-0.15, -0.1) is 0 Å². The third kappa shape index (κ3) is 3.58. The van der Waals surface area contributed by atoms with E-state index in [1.54, 1.807) is 0 Å². The lowest BCUT2D eigenvalue weighted by molar-refractivity contribution is 0.179. The summed E-state index contributed by atoms with van der Waals surface area (Å²) in [5.74, 6) is 0.446. The lowest BCUT2D eigenvalue weighted by atomic mass is 9.99. The third-order valence-corrected chi connectivity index (χ3v) is 3.95. The van der Waals surface area contributed by atoms with Crippen molar-refractivity contribution in [3.8, 4) is 0 Å². The summed E-state index contributed by atoms with van der Waals surface area (Å²) in [5, 5.41) is 2.93. The molecule has 1 atom stereocenters. The summed E-state index contributed by atoms with van der Waals surface area (Å²) in [6, 6.07) is 7.78. The number of rotatable bonds is 2. The van der Waals surface area contributed by atoms with Crippen LogP contribution in [0.5, 0.6) is 0 Å². The molecule has 0 bridgehead atoms. The van der Waals surface area contributed by atoms with Gasteiger partial charge in [-0.05, 0) is 72.2 Å². The number of hydrogen-bond donors (Lipinski definition) is 2. The van der Waals surface area contributed by atoms with E-state index in [4.69, 9.17) is 5.73 Å². The Labute approximate surface area is 121 Å². The number of nitrogens with one attached hydrogen (secondary N) is 1. The summed E-state index contributed by atoms with van der Waals surface area (Å²) < 4.78 is 1.16. The molecule has 18 heavy (non-hydrogen) atoms. The van der Waals surface area contributed by atoms with Crippen LogP contribution in [0.25, 0.3) is 0 Å². The molecule has 0 spiro atoms. The zero-order valence-electron chi connectivity index (χ0n) is 10.2. The van der Waals surface area contributed by atoms with Gasteiger partial charge < -0.3 is 16.0 Å². The maximum Gasteiger partial charge on any atom is 0.321 e. The van der Waals surface area contributed by atoms with Crippen LogP contribution < -0.4 is 11.1 Å². The standard InChI is InChI=1S/C13H18IN3O/c14-11-3-5-12(6-4-11)16-13(18)17-7-1-2-10(8-15)9-17/h3-6,10H,1-2,7-9,15H2,(H,16,18)/t10-/m1/s1. The number of hydrogen-bond acceptors (Lipinski definition) is 2. The smallest absolute Gasteiger partial charge is 0.321 e. The Balaban J connectivity index is 1.93. The molecule has 4 nitrogen and oxygen atoms in total. The van der Waals surface area contributed by atoms with Crippen molar-refractivity contribution in [3.05, 3.63) is 27.8 Å². The lowest BCUT2D eigenvalue weighted by Crippen LogP contribution is -2.44. The van der Waals surface area contributed by atoms with Crippen molar-refractivity contribution in [3.63, 3.8) is 0 Å². The normalized spacial score (nSPS) is 19.7. The number of carbonyl (C=O) groups is 1. The van der Waals surface area contributed by atoms with E-state index in [-0.39, 0.29) is 6.03 Å². The third-order valence-electron chi connectivity index (χ3n) is 3.24. The Morgan fingerprint density at radius 2 is 2.17 bits per heavy atom. The predicted octanol–water partition coefficient (Wildman–Crippen LogP) is 2.49. The van der Waals surface area contributed by atoms with E-state index in [0.717, 1.165) is 35.2 Å². The first-order valence-corrected chi connectivity index (χ1v) is 7.28. The SMILES string of the molecule is NC[C@H]1CCCN(C(=O)Nc2ccc(I)cc2)C1. The molecule has 0 aromatic heterocycles. The Kier molecular flexibility index (Phi) is 4.82. The number of halogens is 1. The number of benzene rings is 1. The van der Waals surface area contributed by atoms with E-state index in [1.165, 1.54) is 0 Å². The van der Waals surface area contributed by atoms with E-state index in [9.17, 15) is 4.79 Å². The van der Waals surface area contributed by atoms with Crippen molar-refractivity contribution in [1.82, 2.24) is 4.90 Å². The molecule has 1 aromatic rings. The number of piperidine rings is 1. The number of likely N-dealkylation sites (tertiary alicyclic amines) is 1. The van der Waals surface area contributed by atoms with E-state index in [0.29, 0.717) is 12.5 Å². The molecule has 0 radical (unpaired) electrons. The molecule has 1 aliphatic rings. The minimum Gasteiger partial charge on any atom is -0.330 e. The van der Waals surface area contributed by atoms with E-state index in [2.05, 4.69) is 27.9 Å². The predicted molar refractivity (Wildman–Crippen MR) is 81.5 cm³/mol. The van der Waals surface area contributed by atoms with Gasteiger partial charge in [-0.25, -0.2) is 4.79 Å². The van der Waals surface area contributed by atoms with Crippen LogP contribution >= 0.6 is 22.6 Å². The van der Waals surface area contributed by atoms with Crippen LogP contribution in [0.2, 0.25) is 0 Å². The summed E-state index contributed by atoms with van der Waals surface area (Å²) in [4.78, 5) is 13.9. The van der Waals surface area contributed by atoms with Gasteiger partial charge in [-0.2, -0.15) is 0 Å². The first-order valence-electron chi connectivity index (χ1n) is 6.20. The van der Waals surface area contributed by atoms with Crippen LogP contribution in [0.3, 0.4) is 0 Å². The second kappa shape index (κ2) is 6.38. The minimum absolute atomic E-state index is 0.0191. The Morgan fingerprint density at radius 3 is 2.83 bits per heavy atom. The maximum absolute atomic E-state index is 12.1. The van der Waals surface area contributed by atoms with Crippen molar-refractivity contribution in [2.24, 2.45) is 11.7 Å². The first kappa shape index (κ1) is 13.6. The Bertz CT molecular complexity index is 407. The van der Waals surface area contributed by atoms with Crippen LogP contribution in [-0.2, 0) is 0 Å². The fourth-order valence-electron chi connectivity index (χ4n) is 2.18. The lowest BCUT2D eigenvalue weighted by Gasteiger charge is -2.32. The van der Waals surface area contributed by atoms with Crippen molar-refractivity contribution in [2.45, 2.75) is 12.8 Å². The number of nitrogens with zero attached hydrogens (tertiary/aromatic N) is 1. The van der Waals surface area contributed by atoms with Crippen molar-refractivity contribution < 1.29 is 4.79 Å². The molecule has 3 N–H and O–H groups in total. The van der Waals surface area contributed by atoms with Crippen molar-refractivity contribution >= 4 is 34.3 Å². The van der Waals surface area contributed by atoms with Crippen molar-refractivity contribution in [1.29, 1.82) is 0 Å². The quantitative estimate of drug-likeness (QED) is 0.798. The monoisotopic (exact) mass is 359 g/mol. The topological polar surface area (TPSA) is 58.4 Å². The van der Waals surface area contributed by atoms with Crippen LogP contribution in [0.1, 0.15) is 12.8 Å². The van der Waals surface area contributed by atoms with Gasteiger partial charge in [0.1, 0.15) is 0 Å². The molecule has 1 saturated heterocycles. The maximum atomic E-state index is 12.1. The van der Waals surface area contributed by atoms with Gasteiger partial charge in [0, 0.05) is 22.3 Å². The molecular weight excluding hydrogens is 341 g/mol. The van der Waals surface area contributed by atoms with Crippen LogP contribution in [0.15, 0.2) is 24.3 Å². The van der Waals surface area contributed by atoms with Gasteiger partial charge in [-0.3, -0.25) is 0 Å². The molecule has 2 rings (SSSR count). The van der Waals surface area contributed by atoms with Crippen molar-refractivity contribution in [2.75, 3.05) is 25.0 Å². The zero-order valence-corrected chi connectivity index (χ0v) is 12.4. The van der Waals surface area contributed by atoms with Crippen LogP contribution in [0, 0.1) is 9.49 Å². The van der Waals surface area contributed by atoms with Gasteiger partial charge in [0.05, 0.1) is 0 Å². The summed E-state index contributed by atoms with van der Waals surface area (Å²) in [6.07, 6.45) is 2.17. The molecular formula is C13H18IN3O. The van der Waals surface area contributed by atoms with Crippen LogP contribution in [0.4, 0.5) is 10.5 Å². The molecule has 1 aliphatic heterocycles. The molecule has 0 aliphatic carbocycles. The minimum atomic E-state index is -0.0191. The Hall–Kier alpha value is -0.820. The number of anilines is 1. The largest absolute Gasteiger partial charge is 0.330 e. The van der Waals surface area contributed by atoms with E-state index < -0.39 is 0 Å². The van der Waals surface area contributed by atoms with Gasteiger partial charge in [-0.1, -0.05) is 0 Å². The zero-order chi connectivity index (χ0) is 13.0. The fourth-order valence-corrected chi connectivity index (χ4v) is 2.54. The van der Waals surface area contributed by atoms with E-state index in [1.807, 2.05) is 29.2 Å². The highest BCUT2D eigenvalue weighted by atomic mass is 127. The summed E-state index contributed by atoms with van der Waals surface area (Å²) in [7, 11) is 0. The van der Waals surface area contributed by atoms with E-state index >= 15 is 0 Å². The molecule has 1 heterocycles. The number of urea groups is 1. The Morgan fingerprint density at radius 1 is 1.44 bits per heavy atom. The average Bonchev–Trinajstić information content (AvgIpc) is 2.41. The molecule has 1 aromatic carbocycles. The van der Waals surface area contributed by atoms with Gasteiger partial charge in [0.2, 0.25) is 0 Å². The first-order chi connectivity index (χ1) is 8.69. The van der Waals surface area contributed by atoms with Gasteiger partial charge in [0.15, 0.2) is 0 Å². The summed E-state index contributed by atoms with van der Waals surface area (Å²) in [5.41, 5.74) is 6.52. The number of nitrogens with two attached hydrogens (primary N) is 1. The fraction of sp³-hybridized carbons (Fsp3) is 0.462. The van der Waals surface area contributed by atoms with Gasteiger partial charge >= 0.3 is 6.03 Å². The highest BCUT2D eigenvalue weighted by molar-refractivity contribution is 14.1. The van der Waals surface area contributed by atoms with Gasteiger partial charge in [0.25, 0.3) is 0 Å². The second-order valence-electron chi connectivity index (χ2n) is 4.63. The number of amides is 2. The molecule has 2 amide bonds. The summed E-state index contributed by atoms with van der Waals surface area (Å²) >= 11 is 2.24. The average molecular weight is 359 g/mol. The highest BCUT2D eigenvalue weighted by Gasteiger charge is 2.22. The second-order valence-corrected chi connectivity index (χ2v) is 5.87. The molecule has 1 fully saturated rings. The molecule has 0 saturated carbocycles. The molecule has 0 unspecified atom stereocenters. The number of carbonyl (C=O) groups excluding carboxylic acids is 1. The molecule has 5 heteroatoms.